The molecule has 1 aliphatic heterocycles. The lowest BCUT2D eigenvalue weighted by Gasteiger charge is -2.23. The molecule has 7 heteroatoms. The number of rotatable bonds is 4. The first-order valence-electron chi connectivity index (χ1n) is 5.12. The highest BCUT2D eigenvalue weighted by Crippen LogP contribution is 2.11. The van der Waals surface area contributed by atoms with Gasteiger partial charge >= 0.3 is 6.18 Å². The van der Waals surface area contributed by atoms with E-state index in [1.54, 1.807) is 0 Å². The topological polar surface area (TPSA) is 50.4 Å². The molecule has 16 heavy (non-hydrogen) atoms. The molecular formula is C9H15F3N2O2. The molecule has 0 spiro atoms. The summed E-state index contributed by atoms with van der Waals surface area (Å²) in [6.07, 6.45) is -2.85. The maximum Gasteiger partial charge on any atom is 0.401 e. The predicted molar refractivity (Wildman–Crippen MR) is 50.9 cm³/mol. The molecule has 1 heterocycles. The third kappa shape index (κ3) is 5.92. The fourth-order valence-electron chi connectivity index (χ4n) is 1.44. The molecule has 0 aromatic rings. The van der Waals surface area contributed by atoms with Gasteiger partial charge in [-0.3, -0.25) is 4.79 Å². The molecule has 1 aliphatic rings. The Labute approximate surface area is 91.5 Å². The SMILES string of the molecule is O=C(CNCC(F)(F)F)NC1CCOCC1. The number of carbonyl (C=O) groups is 1. The standard InChI is InChI=1S/C9H15F3N2O2/c10-9(11,12)6-13-5-8(15)14-7-1-3-16-4-2-7/h7,13H,1-6H2,(H,14,15). The Morgan fingerprint density at radius 1 is 1.31 bits per heavy atom. The van der Waals surface area contributed by atoms with Crippen molar-refractivity contribution in [3.05, 3.63) is 0 Å². The van der Waals surface area contributed by atoms with Crippen molar-refractivity contribution in [1.82, 2.24) is 10.6 Å². The van der Waals surface area contributed by atoms with Crippen LogP contribution in [-0.2, 0) is 9.53 Å². The van der Waals surface area contributed by atoms with E-state index in [2.05, 4.69) is 5.32 Å². The van der Waals surface area contributed by atoms with Crippen LogP contribution in [0.1, 0.15) is 12.8 Å². The van der Waals surface area contributed by atoms with Crippen LogP contribution in [0.3, 0.4) is 0 Å². The lowest BCUT2D eigenvalue weighted by molar-refractivity contribution is -0.128. The molecule has 0 aromatic heterocycles. The van der Waals surface area contributed by atoms with Crippen LogP contribution in [0, 0.1) is 0 Å². The van der Waals surface area contributed by atoms with Crippen LogP contribution >= 0.6 is 0 Å². The highest BCUT2D eigenvalue weighted by Gasteiger charge is 2.26. The van der Waals surface area contributed by atoms with Gasteiger partial charge in [-0.2, -0.15) is 13.2 Å². The van der Waals surface area contributed by atoms with Gasteiger partial charge < -0.3 is 15.4 Å². The van der Waals surface area contributed by atoms with E-state index in [0.717, 1.165) is 0 Å². The lowest BCUT2D eigenvalue weighted by Crippen LogP contribution is -2.44. The first kappa shape index (κ1) is 13.2. The predicted octanol–water partition coefficient (Wildman–Crippen LogP) is 0.433. The first-order chi connectivity index (χ1) is 7.47. The monoisotopic (exact) mass is 240 g/mol. The summed E-state index contributed by atoms with van der Waals surface area (Å²) in [5.74, 6) is -0.406. The van der Waals surface area contributed by atoms with Crippen LogP contribution < -0.4 is 10.6 Å². The number of ether oxygens (including phenoxy) is 1. The fourth-order valence-corrected chi connectivity index (χ4v) is 1.44. The summed E-state index contributed by atoms with van der Waals surface area (Å²) in [4.78, 5) is 11.2. The lowest BCUT2D eigenvalue weighted by atomic mass is 10.1. The van der Waals surface area contributed by atoms with E-state index in [9.17, 15) is 18.0 Å². The summed E-state index contributed by atoms with van der Waals surface area (Å²) in [5.41, 5.74) is 0. The second-order valence-electron chi connectivity index (χ2n) is 3.67. The van der Waals surface area contributed by atoms with Gasteiger partial charge in [-0.25, -0.2) is 0 Å². The Bertz CT molecular complexity index is 227. The second kappa shape index (κ2) is 6.05. The van der Waals surface area contributed by atoms with Crippen LogP contribution in [0.5, 0.6) is 0 Å². The van der Waals surface area contributed by atoms with E-state index in [0.29, 0.717) is 26.1 Å². The Morgan fingerprint density at radius 3 is 2.50 bits per heavy atom. The zero-order chi connectivity index (χ0) is 12.0. The minimum absolute atomic E-state index is 0.0222. The van der Waals surface area contributed by atoms with E-state index < -0.39 is 18.6 Å². The van der Waals surface area contributed by atoms with Crippen molar-refractivity contribution in [3.63, 3.8) is 0 Å². The molecule has 1 rings (SSSR count). The number of hydrogen-bond acceptors (Lipinski definition) is 3. The molecule has 2 N–H and O–H groups in total. The summed E-state index contributed by atoms with van der Waals surface area (Å²) in [5, 5.41) is 4.70. The molecule has 1 saturated heterocycles. The van der Waals surface area contributed by atoms with Gasteiger partial charge in [-0.15, -0.1) is 0 Å². The van der Waals surface area contributed by atoms with E-state index in [4.69, 9.17) is 4.74 Å². The van der Waals surface area contributed by atoms with Crippen molar-refractivity contribution < 1.29 is 22.7 Å². The molecule has 1 amide bonds. The third-order valence-electron chi connectivity index (χ3n) is 2.20. The second-order valence-corrected chi connectivity index (χ2v) is 3.67. The molecule has 94 valence electrons. The number of halogens is 3. The average Bonchev–Trinajstić information content (AvgIpc) is 2.17. The van der Waals surface area contributed by atoms with Crippen molar-refractivity contribution in [1.29, 1.82) is 0 Å². The zero-order valence-electron chi connectivity index (χ0n) is 8.77. The summed E-state index contributed by atoms with van der Waals surface area (Å²) in [7, 11) is 0. The van der Waals surface area contributed by atoms with Crippen molar-refractivity contribution in [2.75, 3.05) is 26.3 Å². The minimum Gasteiger partial charge on any atom is -0.381 e. The summed E-state index contributed by atoms with van der Waals surface area (Å²) >= 11 is 0. The number of nitrogens with one attached hydrogen (secondary N) is 2. The van der Waals surface area contributed by atoms with E-state index in [1.807, 2.05) is 5.32 Å². The Kier molecular flexibility index (Phi) is 5.01. The van der Waals surface area contributed by atoms with E-state index in [1.165, 1.54) is 0 Å². The molecule has 0 aliphatic carbocycles. The molecule has 0 saturated carbocycles. The molecule has 4 nitrogen and oxygen atoms in total. The maximum absolute atomic E-state index is 11.8. The molecule has 0 unspecified atom stereocenters. The van der Waals surface area contributed by atoms with Gasteiger partial charge in [0.1, 0.15) is 0 Å². The molecule has 0 bridgehead atoms. The summed E-state index contributed by atoms with van der Waals surface area (Å²) in [6.45, 7) is -0.285. The third-order valence-corrected chi connectivity index (χ3v) is 2.20. The first-order valence-corrected chi connectivity index (χ1v) is 5.12. The van der Waals surface area contributed by atoms with Crippen LogP contribution in [-0.4, -0.2) is 44.4 Å². The molecule has 0 aromatic carbocycles. The smallest absolute Gasteiger partial charge is 0.381 e. The van der Waals surface area contributed by atoms with Gasteiger partial charge in [0, 0.05) is 19.3 Å². The van der Waals surface area contributed by atoms with Crippen LogP contribution in [0.2, 0.25) is 0 Å². The number of carbonyl (C=O) groups excluding carboxylic acids is 1. The van der Waals surface area contributed by atoms with Crippen molar-refractivity contribution >= 4 is 5.91 Å². The van der Waals surface area contributed by atoms with Gasteiger partial charge in [0.15, 0.2) is 0 Å². The zero-order valence-corrected chi connectivity index (χ0v) is 8.77. The van der Waals surface area contributed by atoms with Crippen molar-refractivity contribution in [2.45, 2.75) is 25.1 Å². The maximum atomic E-state index is 11.8. The van der Waals surface area contributed by atoms with Crippen molar-refractivity contribution in [2.24, 2.45) is 0 Å². The van der Waals surface area contributed by atoms with E-state index in [-0.39, 0.29) is 12.6 Å². The van der Waals surface area contributed by atoms with Crippen LogP contribution in [0.25, 0.3) is 0 Å². The van der Waals surface area contributed by atoms with Gasteiger partial charge in [0.25, 0.3) is 0 Å². The Hall–Kier alpha value is -0.820. The minimum atomic E-state index is -4.28. The number of alkyl halides is 3. The summed E-state index contributed by atoms with van der Waals surface area (Å²) in [6, 6.07) is 0.0222. The summed E-state index contributed by atoms with van der Waals surface area (Å²) < 4.78 is 40.4. The highest BCUT2D eigenvalue weighted by atomic mass is 19.4. The Morgan fingerprint density at radius 2 is 1.94 bits per heavy atom. The normalized spacial score (nSPS) is 18.4. The van der Waals surface area contributed by atoms with Gasteiger partial charge in [-0.1, -0.05) is 0 Å². The molecule has 1 fully saturated rings. The highest BCUT2D eigenvalue weighted by molar-refractivity contribution is 5.78. The van der Waals surface area contributed by atoms with Gasteiger partial charge in [-0.05, 0) is 12.8 Å². The van der Waals surface area contributed by atoms with E-state index >= 15 is 0 Å². The fraction of sp³-hybridized carbons (Fsp3) is 0.889. The average molecular weight is 240 g/mol. The van der Waals surface area contributed by atoms with Crippen LogP contribution in [0.4, 0.5) is 13.2 Å². The molecular weight excluding hydrogens is 225 g/mol. The quantitative estimate of drug-likeness (QED) is 0.749. The van der Waals surface area contributed by atoms with Crippen molar-refractivity contribution in [3.8, 4) is 0 Å². The Balaban J connectivity index is 2.10. The number of hydrogen-bond donors (Lipinski definition) is 2. The van der Waals surface area contributed by atoms with Gasteiger partial charge in [0.05, 0.1) is 13.1 Å². The molecule has 0 radical (unpaired) electrons. The van der Waals surface area contributed by atoms with Crippen LogP contribution in [0.15, 0.2) is 0 Å². The number of amides is 1. The van der Waals surface area contributed by atoms with Gasteiger partial charge in [0.2, 0.25) is 5.91 Å². The molecule has 0 atom stereocenters. The largest absolute Gasteiger partial charge is 0.401 e.